The highest BCUT2D eigenvalue weighted by Gasteiger charge is 2.20. The van der Waals surface area contributed by atoms with Gasteiger partial charge in [-0.3, -0.25) is 0 Å². The van der Waals surface area contributed by atoms with Crippen molar-refractivity contribution in [3.63, 3.8) is 0 Å². The van der Waals surface area contributed by atoms with E-state index in [9.17, 15) is 0 Å². The quantitative estimate of drug-likeness (QED) is 0.512. The Balaban J connectivity index is 1.66. The van der Waals surface area contributed by atoms with Crippen LogP contribution in [0.4, 0.5) is 23.1 Å². The van der Waals surface area contributed by atoms with Crippen molar-refractivity contribution in [3.8, 4) is 0 Å². The fraction of sp³-hybridized carbons (Fsp3) is 0.421. The molecule has 0 aliphatic heterocycles. The smallest absolute Gasteiger partial charge is 0.227 e. The summed E-state index contributed by atoms with van der Waals surface area (Å²) < 4.78 is 2.02. The highest BCUT2D eigenvalue weighted by atomic mass is 15.2. The fourth-order valence-corrected chi connectivity index (χ4v) is 3.48. The third-order valence-corrected chi connectivity index (χ3v) is 5.08. The zero-order valence-electron chi connectivity index (χ0n) is 15.5. The van der Waals surface area contributed by atoms with Crippen LogP contribution in [0.1, 0.15) is 32.6 Å². The first-order valence-electron chi connectivity index (χ1n) is 9.50. The van der Waals surface area contributed by atoms with E-state index in [1.807, 2.05) is 28.8 Å². The maximum Gasteiger partial charge on any atom is 0.227 e. The van der Waals surface area contributed by atoms with Crippen molar-refractivity contribution in [2.45, 2.75) is 51.2 Å². The van der Waals surface area contributed by atoms with Gasteiger partial charge in [-0.25, -0.2) is 4.98 Å². The first-order valence-corrected chi connectivity index (χ1v) is 9.50. The summed E-state index contributed by atoms with van der Waals surface area (Å²) in [4.78, 5) is 13.9. The van der Waals surface area contributed by atoms with Crippen molar-refractivity contribution < 1.29 is 0 Å². The average Bonchev–Trinajstić information content (AvgIpc) is 3.09. The van der Waals surface area contributed by atoms with Crippen molar-refractivity contribution in [2.75, 3.05) is 16.4 Å². The van der Waals surface area contributed by atoms with Crippen LogP contribution in [0, 0.1) is 0 Å². The summed E-state index contributed by atoms with van der Waals surface area (Å²) in [6, 6.07) is 8.23. The molecule has 0 atom stereocenters. The molecule has 1 aliphatic carbocycles. The molecule has 2 heterocycles. The van der Waals surface area contributed by atoms with Gasteiger partial charge in [-0.2, -0.15) is 9.97 Å². The van der Waals surface area contributed by atoms with E-state index in [0.29, 0.717) is 23.8 Å². The maximum absolute atomic E-state index is 6.02. The van der Waals surface area contributed by atoms with Gasteiger partial charge in [0.05, 0.1) is 6.33 Å². The van der Waals surface area contributed by atoms with Gasteiger partial charge in [0, 0.05) is 30.0 Å². The van der Waals surface area contributed by atoms with Gasteiger partial charge in [0.2, 0.25) is 5.95 Å². The number of nitrogens with one attached hydrogen (secondary N) is 2. The van der Waals surface area contributed by atoms with E-state index in [0.717, 1.165) is 54.8 Å². The number of aromatic nitrogens is 4. The van der Waals surface area contributed by atoms with Crippen LogP contribution < -0.4 is 22.1 Å². The van der Waals surface area contributed by atoms with Gasteiger partial charge in [-0.15, -0.1) is 0 Å². The molecule has 27 heavy (non-hydrogen) atoms. The van der Waals surface area contributed by atoms with Crippen molar-refractivity contribution in [2.24, 2.45) is 5.73 Å². The third-order valence-electron chi connectivity index (χ3n) is 5.08. The predicted molar refractivity (Wildman–Crippen MR) is 109 cm³/mol. The Bertz CT molecular complexity index is 909. The Morgan fingerprint density at radius 3 is 2.56 bits per heavy atom. The number of nitrogens with two attached hydrogens (primary N) is 2. The topological polar surface area (TPSA) is 120 Å². The molecule has 0 bridgehead atoms. The summed E-state index contributed by atoms with van der Waals surface area (Å²) >= 11 is 0. The number of fused-ring (bicyclic) bond motifs is 1. The molecule has 142 valence electrons. The normalized spacial score (nSPS) is 19.9. The van der Waals surface area contributed by atoms with Crippen LogP contribution in [-0.2, 0) is 6.54 Å². The molecule has 0 saturated heterocycles. The number of benzene rings is 1. The SMILES string of the molecule is CCn1cnc2c(Nc3ccc(N)cc3)nc(NC3CCC(N)CC3)nc21. The number of rotatable bonds is 5. The third kappa shape index (κ3) is 3.80. The van der Waals surface area contributed by atoms with Gasteiger partial charge in [0.25, 0.3) is 0 Å². The fourth-order valence-electron chi connectivity index (χ4n) is 3.48. The van der Waals surface area contributed by atoms with Crippen molar-refractivity contribution in [3.05, 3.63) is 30.6 Å². The molecule has 1 saturated carbocycles. The van der Waals surface area contributed by atoms with Gasteiger partial charge in [-0.05, 0) is 56.9 Å². The van der Waals surface area contributed by atoms with E-state index < -0.39 is 0 Å². The molecule has 1 aliphatic rings. The molecule has 8 nitrogen and oxygen atoms in total. The predicted octanol–water partition coefficient (Wildman–Crippen LogP) is 2.85. The zero-order valence-corrected chi connectivity index (χ0v) is 15.5. The van der Waals surface area contributed by atoms with Gasteiger partial charge in [-0.1, -0.05) is 0 Å². The first kappa shape index (κ1) is 17.5. The van der Waals surface area contributed by atoms with E-state index in [1.165, 1.54) is 0 Å². The molecule has 0 unspecified atom stereocenters. The number of nitrogens with zero attached hydrogens (tertiary/aromatic N) is 4. The number of hydrogen-bond donors (Lipinski definition) is 4. The first-order chi connectivity index (χ1) is 13.1. The van der Waals surface area contributed by atoms with E-state index >= 15 is 0 Å². The lowest BCUT2D eigenvalue weighted by Gasteiger charge is -2.26. The molecular weight excluding hydrogens is 340 g/mol. The second-order valence-electron chi connectivity index (χ2n) is 7.10. The highest BCUT2D eigenvalue weighted by Crippen LogP contribution is 2.26. The minimum Gasteiger partial charge on any atom is -0.399 e. The summed E-state index contributed by atoms with van der Waals surface area (Å²) in [6.45, 7) is 2.87. The molecule has 0 radical (unpaired) electrons. The molecule has 0 amide bonds. The van der Waals surface area contributed by atoms with Crippen LogP contribution in [0.3, 0.4) is 0 Å². The summed E-state index contributed by atoms with van der Waals surface area (Å²) in [5, 5.41) is 6.84. The monoisotopic (exact) mass is 366 g/mol. The maximum atomic E-state index is 6.02. The zero-order chi connectivity index (χ0) is 18.8. The van der Waals surface area contributed by atoms with Gasteiger partial charge in [0.1, 0.15) is 0 Å². The summed E-state index contributed by atoms with van der Waals surface area (Å²) in [5.74, 6) is 1.31. The minimum atomic E-state index is 0.315. The second-order valence-corrected chi connectivity index (χ2v) is 7.10. The van der Waals surface area contributed by atoms with Gasteiger partial charge < -0.3 is 26.7 Å². The summed E-state index contributed by atoms with van der Waals surface area (Å²) in [5.41, 5.74) is 15.0. The van der Waals surface area contributed by atoms with Gasteiger partial charge in [0.15, 0.2) is 17.0 Å². The van der Waals surface area contributed by atoms with E-state index in [4.69, 9.17) is 21.4 Å². The largest absolute Gasteiger partial charge is 0.399 e. The van der Waals surface area contributed by atoms with Crippen LogP contribution in [0.15, 0.2) is 30.6 Å². The van der Waals surface area contributed by atoms with Crippen LogP contribution in [0.2, 0.25) is 0 Å². The van der Waals surface area contributed by atoms with Gasteiger partial charge >= 0.3 is 0 Å². The molecule has 4 rings (SSSR count). The van der Waals surface area contributed by atoms with Crippen LogP contribution >= 0.6 is 0 Å². The number of imidazole rings is 1. The lowest BCUT2D eigenvalue weighted by molar-refractivity contribution is 0.410. The molecule has 2 aromatic heterocycles. The number of hydrogen-bond acceptors (Lipinski definition) is 7. The van der Waals surface area contributed by atoms with Crippen LogP contribution in [0.25, 0.3) is 11.2 Å². The highest BCUT2D eigenvalue weighted by molar-refractivity contribution is 5.86. The molecular formula is C19H26N8. The number of aryl methyl sites for hydroxylation is 1. The Labute approximate surface area is 158 Å². The summed E-state index contributed by atoms with van der Waals surface area (Å²) in [6.07, 6.45) is 5.94. The van der Waals surface area contributed by atoms with Crippen LogP contribution in [0.5, 0.6) is 0 Å². The minimum absolute atomic E-state index is 0.315. The number of nitrogen functional groups attached to an aromatic ring is 1. The lowest BCUT2D eigenvalue weighted by Crippen LogP contribution is -2.33. The molecule has 3 aromatic rings. The van der Waals surface area contributed by atoms with Crippen molar-refractivity contribution >= 4 is 34.3 Å². The number of anilines is 4. The Morgan fingerprint density at radius 2 is 1.85 bits per heavy atom. The van der Waals surface area contributed by atoms with Crippen LogP contribution in [-0.4, -0.2) is 31.6 Å². The van der Waals surface area contributed by atoms with E-state index in [-0.39, 0.29) is 0 Å². The summed E-state index contributed by atoms with van der Waals surface area (Å²) in [7, 11) is 0. The Morgan fingerprint density at radius 1 is 1.11 bits per heavy atom. The molecule has 0 spiro atoms. The lowest BCUT2D eigenvalue weighted by atomic mass is 9.92. The van der Waals surface area contributed by atoms with Crippen molar-refractivity contribution in [1.82, 2.24) is 19.5 Å². The average molecular weight is 366 g/mol. The standard InChI is InChI=1S/C19H26N8/c1-2-27-11-22-16-17(23-14-7-3-12(20)4-8-14)25-19(26-18(16)27)24-15-9-5-13(21)6-10-15/h3-4,7-8,11,13,15H,2,5-6,9-10,20-21H2,1H3,(H2,23,24,25,26). The van der Waals surface area contributed by atoms with E-state index in [2.05, 4.69) is 22.5 Å². The second kappa shape index (κ2) is 7.40. The molecule has 1 aromatic carbocycles. The Kier molecular flexibility index (Phi) is 4.81. The molecule has 6 N–H and O–H groups in total. The molecule has 1 fully saturated rings. The Hall–Kier alpha value is -2.87. The van der Waals surface area contributed by atoms with Crippen molar-refractivity contribution in [1.29, 1.82) is 0 Å². The van der Waals surface area contributed by atoms with E-state index in [1.54, 1.807) is 6.33 Å². The molecule has 8 heteroatoms.